The van der Waals surface area contributed by atoms with Crippen LogP contribution in [0.2, 0.25) is 0 Å². The molecular formula is C26H45Cl2N3O3. The molecule has 2 fully saturated rings. The molecule has 2 aliphatic heterocycles. The summed E-state index contributed by atoms with van der Waals surface area (Å²) < 4.78 is 11.8. The molecule has 1 N–H and O–H groups in total. The molecule has 0 aliphatic carbocycles. The molecule has 1 aromatic rings. The van der Waals surface area contributed by atoms with Crippen LogP contribution < -0.4 is 10.1 Å². The third-order valence-electron chi connectivity index (χ3n) is 6.44. The molecule has 196 valence electrons. The summed E-state index contributed by atoms with van der Waals surface area (Å²) in [4.78, 5) is 17.7. The minimum Gasteiger partial charge on any atom is -0.494 e. The average molecular weight is 519 g/mol. The van der Waals surface area contributed by atoms with E-state index in [0.29, 0.717) is 6.61 Å². The third kappa shape index (κ3) is 12.0. The van der Waals surface area contributed by atoms with Crippen molar-refractivity contribution in [3.05, 3.63) is 24.3 Å². The van der Waals surface area contributed by atoms with Crippen LogP contribution in [0.5, 0.6) is 5.75 Å². The van der Waals surface area contributed by atoms with Gasteiger partial charge in [0.25, 0.3) is 0 Å². The summed E-state index contributed by atoms with van der Waals surface area (Å²) in [6.07, 6.45) is 11.8. The van der Waals surface area contributed by atoms with Gasteiger partial charge in [0, 0.05) is 24.8 Å². The van der Waals surface area contributed by atoms with Crippen LogP contribution in [0, 0.1) is 0 Å². The highest BCUT2D eigenvalue weighted by Gasteiger charge is 2.23. The Hall–Kier alpha value is -1.21. The van der Waals surface area contributed by atoms with Gasteiger partial charge in [-0.15, -0.1) is 24.8 Å². The first-order valence-corrected chi connectivity index (χ1v) is 12.9. The van der Waals surface area contributed by atoms with Crippen LogP contribution in [0.4, 0.5) is 10.5 Å². The van der Waals surface area contributed by atoms with Crippen LogP contribution in [0.25, 0.3) is 0 Å². The molecule has 8 heteroatoms. The predicted molar refractivity (Wildman–Crippen MR) is 145 cm³/mol. The van der Waals surface area contributed by atoms with E-state index in [9.17, 15) is 4.79 Å². The Morgan fingerprint density at radius 3 is 2.12 bits per heavy atom. The number of hydrogen-bond acceptors (Lipinski definition) is 5. The zero-order valence-corrected chi connectivity index (χ0v) is 22.5. The average Bonchev–Trinajstić information content (AvgIpc) is 2.80. The number of carbonyl (C=O) groups excluding carboxylic acids is 1. The van der Waals surface area contributed by atoms with Gasteiger partial charge in [0.1, 0.15) is 11.9 Å². The maximum absolute atomic E-state index is 12.7. The van der Waals surface area contributed by atoms with E-state index in [0.717, 1.165) is 57.1 Å². The molecule has 1 aromatic carbocycles. The van der Waals surface area contributed by atoms with Crippen LogP contribution in [0.3, 0.4) is 0 Å². The molecule has 2 heterocycles. The molecule has 0 atom stereocenters. The van der Waals surface area contributed by atoms with E-state index in [1.165, 1.54) is 57.8 Å². The monoisotopic (exact) mass is 517 g/mol. The molecule has 0 radical (unpaired) electrons. The van der Waals surface area contributed by atoms with Crippen molar-refractivity contribution in [2.24, 2.45) is 0 Å². The number of likely N-dealkylation sites (tertiary alicyclic amines) is 2. The van der Waals surface area contributed by atoms with Gasteiger partial charge in [0.05, 0.1) is 6.61 Å². The van der Waals surface area contributed by atoms with Crippen molar-refractivity contribution in [3.63, 3.8) is 0 Å². The quantitative estimate of drug-likeness (QED) is 0.326. The maximum Gasteiger partial charge on any atom is 0.411 e. The molecule has 0 aromatic heterocycles. The highest BCUT2D eigenvalue weighted by molar-refractivity contribution is 5.86. The third-order valence-corrected chi connectivity index (χ3v) is 6.44. The lowest BCUT2D eigenvalue weighted by molar-refractivity contribution is 0.0438. The molecule has 3 rings (SSSR count). The summed E-state index contributed by atoms with van der Waals surface area (Å²) in [5.41, 5.74) is 0.718. The fraction of sp³-hybridized carbons (Fsp3) is 0.731. The summed E-state index contributed by atoms with van der Waals surface area (Å²) in [5.74, 6) is 0.789. The first-order valence-electron chi connectivity index (χ1n) is 12.9. The number of rotatable bonds is 12. The molecular weight excluding hydrogens is 473 g/mol. The maximum atomic E-state index is 12.7. The van der Waals surface area contributed by atoms with Crippen LogP contribution in [-0.2, 0) is 4.74 Å². The number of nitrogens with one attached hydrogen (secondary N) is 1. The fourth-order valence-electron chi connectivity index (χ4n) is 4.67. The lowest BCUT2D eigenvalue weighted by Crippen LogP contribution is -2.45. The molecule has 34 heavy (non-hydrogen) atoms. The summed E-state index contributed by atoms with van der Waals surface area (Å²) >= 11 is 0. The Kier molecular flexibility index (Phi) is 16.4. The molecule has 1 amide bonds. The van der Waals surface area contributed by atoms with Gasteiger partial charge in [-0.05, 0) is 70.4 Å². The smallest absolute Gasteiger partial charge is 0.411 e. The second kappa shape index (κ2) is 18.1. The molecule has 0 spiro atoms. The van der Waals surface area contributed by atoms with Gasteiger partial charge in [-0.1, -0.05) is 45.1 Å². The van der Waals surface area contributed by atoms with Gasteiger partial charge in [-0.25, -0.2) is 4.79 Å². The van der Waals surface area contributed by atoms with Gasteiger partial charge >= 0.3 is 6.09 Å². The van der Waals surface area contributed by atoms with Crippen molar-refractivity contribution < 1.29 is 14.3 Å². The van der Waals surface area contributed by atoms with E-state index in [4.69, 9.17) is 9.47 Å². The molecule has 0 saturated carbocycles. The Bertz CT molecular complexity index is 648. The second-order valence-electron chi connectivity index (χ2n) is 9.31. The highest BCUT2D eigenvalue weighted by Crippen LogP contribution is 2.19. The topological polar surface area (TPSA) is 54.0 Å². The molecule has 2 saturated heterocycles. The summed E-state index contributed by atoms with van der Waals surface area (Å²) in [6.45, 7) is 9.01. The zero-order chi connectivity index (χ0) is 22.4. The SMILES string of the molecule is CCCCCCOc1cccc(NC(=O)OC(CN2CCCCC2)CN2CCCCC2)c1.Cl.Cl. The summed E-state index contributed by atoms with van der Waals surface area (Å²) in [5, 5.41) is 2.92. The lowest BCUT2D eigenvalue weighted by Gasteiger charge is -2.34. The van der Waals surface area contributed by atoms with Gasteiger partial charge < -0.3 is 9.47 Å². The zero-order valence-electron chi connectivity index (χ0n) is 20.8. The Labute approximate surface area is 218 Å². The predicted octanol–water partition coefficient (Wildman–Crippen LogP) is 6.38. The van der Waals surface area contributed by atoms with Gasteiger partial charge in [0.2, 0.25) is 0 Å². The number of ether oxygens (including phenoxy) is 2. The van der Waals surface area contributed by atoms with E-state index >= 15 is 0 Å². The second-order valence-corrected chi connectivity index (χ2v) is 9.31. The molecule has 2 aliphatic rings. The standard InChI is InChI=1S/C26H43N3O3.2ClH/c1-2-3-4-11-19-31-24-14-12-13-23(20-24)27-26(30)32-25(21-28-15-7-5-8-16-28)22-29-17-9-6-10-18-29;;/h12-14,20,25H,2-11,15-19,21-22H2,1H3,(H,27,30);2*1H. The number of benzene rings is 1. The molecule has 0 unspecified atom stereocenters. The van der Waals surface area contributed by atoms with E-state index in [1.807, 2.05) is 24.3 Å². The van der Waals surface area contributed by atoms with Crippen molar-refractivity contribution in [2.45, 2.75) is 77.2 Å². The highest BCUT2D eigenvalue weighted by atomic mass is 35.5. The number of amides is 1. The number of anilines is 1. The lowest BCUT2D eigenvalue weighted by atomic mass is 10.1. The number of unbranched alkanes of at least 4 members (excludes halogenated alkanes) is 3. The van der Waals surface area contributed by atoms with Crippen molar-refractivity contribution >= 4 is 36.6 Å². The van der Waals surface area contributed by atoms with Crippen molar-refractivity contribution in [3.8, 4) is 5.75 Å². The first kappa shape index (κ1) is 30.8. The number of carbonyl (C=O) groups is 1. The van der Waals surface area contributed by atoms with Gasteiger partial charge in [0.15, 0.2) is 0 Å². The van der Waals surface area contributed by atoms with Crippen LogP contribution >= 0.6 is 24.8 Å². The van der Waals surface area contributed by atoms with E-state index in [1.54, 1.807) is 0 Å². The van der Waals surface area contributed by atoms with Crippen LogP contribution in [-0.4, -0.2) is 67.9 Å². The van der Waals surface area contributed by atoms with Gasteiger partial charge in [-0.2, -0.15) is 0 Å². The van der Waals surface area contributed by atoms with E-state index < -0.39 is 0 Å². The summed E-state index contributed by atoms with van der Waals surface area (Å²) in [7, 11) is 0. The number of piperidine rings is 2. The van der Waals surface area contributed by atoms with Crippen LogP contribution in [0.1, 0.15) is 71.1 Å². The van der Waals surface area contributed by atoms with Gasteiger partial charge in [-0.3, -0.25) is 15.1 Å². The van der Waals surface area contributed by atoms with Crippen molar-refractivity contribution in [2.75, 3.05) is 51.2 Å². The Balaban J connectivity index is 0.00000289. The number of hydrogen-bond donors (Lipinski definition) is 1. The van der Waals surface area contributed by atoms with E-state index in [-0.39, 0.29) is 37.0 Å². The first-order chi connectivity index (χ1) is 15.7. The number of halogens is 2. The van der Waals surface area contributed by atoms with Crippen LogP contribution in [0.15, 0.2) is 24.3 Å². The molecule has 6 nitrogen and oxygen atoms in total. The van der Waals surface area contributed by atoms with Crippen molar-refractivity contribution in [1.82, 2.24) is 9.80 Å². The number of nitrogens with zero attached hydrogens (tertiary/aromatic N) is 2. The minimum absolute atomic E-state index is 0. The largest absolute Gasteiger partial charge is 0.494 e. The van der Waals surface area contributed by atoms with Crippen molar-refractivity contribution in [1.29, 1.82) is 0 Å². The Morgan fingerprint density at radius 2 is 1.53 bits per heavy atom. The molecule has 0 bridgehead atoms. The summed E-state index contributed by atoms with van der Waals surface area (Å²) in [6, 6.07) is 7.61. The minimum atomic E-state index is -0.371. The Morgan fingerprint density at radius 1 is 0.912 bits per heavy atom. The van der Waals surface area contributed by atoms with E-state index in [2.05, 4.69) is 22.0 Å². The fourth-order valence-corrected chi connectivity index (χ4v) is 4.67. The normalized spacial score (nSPS) is 16.9.